The van der Waals surface area contributed by atoms with E-state index in [0.717, 1.165) is 5.56 Å². The van der Waals surface area contributed by atoms with Gasteiger partial charge in [0.1, 0.15) is 36.3 Å². The normalized spacial score (nSPS) is 34.1. The Labute approximate surface area is 268 Å². The van der Waals surface area contributed by atoms with E-state index in [1.165, 1.54) is 27.7 Å². The standard InChI is InChI=1S/C35H42O11/c1-18-13-14-25-15-34(17-43-20(3)36)31(45-22(5)38)27-29(42-16-24-11-9-8-10-12-24)19(2)30(44-21(4)37)35(27,41)32(46-23(6)39)33(34,7)26(25)28(18)40/h8-14,19,27,29-32,40-41H,15-17H2,1-7H3/t19-,27-,29+,30-,31-,32-,33-,34-,35+/m1/s1. The van der Waals surface area contributed by atoms with Gasteiger partial charge in [0.15, 0.2) is 0 Å². The van der Waals surface area contributed by atoms with Crippen molar-refractivity contribution in [2.24, 2.45) is 17.3 Å². The highest BCUT2D eigenvalue weighted by atomic mass is 16.6. The van der Waals surface area contributed by atoms with Crippen LogP contribution >= 0.6 is 0 Å². The molecule has 0 heterocycles. The smallest absolute Gasteiger partial charge is 0.303 e. The molecule has 46 heavy (non-hydrogen) atoms. The van der Waals surface area contributed by atoms with Crippen LogP contribution < -0.4 is 0 Å². The summed E-state index contributed by atoms with van der Waals surface area (Å²) in [5, 5.41) is 24.9. The topological polar surface area (TPSA) is 155 Å². The van der Waals surface area contributed by atoms with Gasteiger partial charge < -0.3 is 33.9 Å². The average molecular weight is 639 g/mol. The van der Waals surface area contributed by atoms with Crippen molar-refractivity contribution in [3.8, 4) is 5.75 Å². The van der Waals surface area contributed by atoms with Crippen LogP contribution in [0.5, 0.6) is 5.75 Å². The van der Waals surface area contributed by atoms with Crippen LogP contribution in [0, 0.1) is 24.2 Å². The summed E-state index contributed by atoms with van der Waals surface area (Å²) in [6, 6.07) is 12.9. The fourth-order valence-electron chi connectivity index (χ4n) is 8.60. The number of ether oxygens (including phenoxy) is 5. The quantitative estimate of drug-likeness (QED) is 0.323. The third kappa shape index (κ3) is 5.04. The molecule has 2 aromatic rings. The number of esters is 4. The number of fused-ring (bicyclic) bond motifs is 4. The van der Waals surface area contributed by atoms with Crippen molar-refractivity contribution in [2.75, 3.05) is 6.61 Å². The Bertz CT molecular complexity index is 1540. The van der Waals surface area contributed by atoms with Crippen LogP contribution in [0.15, 0.2) is 42.5 Å². The van der Waals surface area contributed by atoms with Gasteiger partial charge in [0.2, 0.25) is 0 Å². The number of phenols is 1. The van der Waals surface area contributed by atoms with Gasteiger partial charge in [0, 0.05) is 44.6 Å². The predicted octanol–water partition coefficient (Wildman–Crippen LogP) is 3.46. The van der Waals surface area contributed by atoms with Crippen molar-refractivity contribution in [3.63, 3.8) is 0 Å². The molecule has 0 bridgehead atoms. The minimum atomic E-state index is -2.20. The maximum absolute atomic E-state index is 13.2. The predicted molar refractivity (Wildman–Crippen MR) is 162 cm³/mol. The lowest BCUT2D eigenvalue weighted by Gasteiger charge is -2.62. The minimum absolute atomic E-state index is 0.0996. The van der Waals surface area contributed by atoms with Gasteiger partial charge in [-0.3, -0.25) is 19.2 Å². The molecule has 2 aromatic carbocycles. The minimum Gasteiger partial charge on any atom is -0.507 e. The fourth-order valence-corrected chi connectivity index (χ4v) is 8.60. The summed E-state index contributed by atoms with van der Waals surface area (Å²) in [7, 11) is 0. The third-order valence-electron chi connectivity index (χ3n) is 10.4. The van der Waals surface area contributed by atoms with E-state index in [-0.39, 0.29) is 25.4 Å². The van der Waals surface area contributed by atoms with Crippen LogP contribution in [0.4, 0.5) is 0 Å². The Morgan fingerprint density at radius 3 is 2.07 bits per heavy atom. The molecule has 2 saturated carbocycles. The maximum atomic E-state index is 13.2. The summed E-state index contributed by atoms with van der Waals surface area (Å²) in [5.74, 6) is -4.65. The highest BCUT2D eigenvalue weighted by molar-refractivity contribution is 5.70. The Morgan fingerprint density at radius 2 is 1.48 bits per heavy atom. The van der Waals surface area contributed by atoms with Gasteiger partial charge in [-0.25, -0.2) is 0 Å². The summed E-state index contributed by atoms with van der Waals surface area (Å²) in [6.07, 6.45) is -4.80. The van der Waals surface area contributed by atoms with E-state index < -0.39 is 76.6 Å². The summed E-state index contributed by atoms with van der Waals surface area (Å²) >= 11 is 0. The van der Waals surface area contributed by atoms with Crippen molar-refractivity contribution in [1.29, 1.82) is 0 Å². The molecule has 2 fully saturated rings. The van der Waals surface area contributed by atoms with Crippen LogP contribution in [0.3, 0.4) is 0 Å². The van der Waals surface area contributed by atoms with E-state index in [4.69, 9.17) is 23.7 Å². The fraction of sp³-hybridized carbons (Fsp3) is 0.543. The molecular weight excluding hydrogens is 596 g/mol. The molecule has 0 unspecified atom stereocenters. The van der Waals surface area contributed by atoms with Gasteiger partial charge in [0.25, 0.3) is 0 Å². The van der Waals surface area contributed by atoms with Crippen LogP contribution in [-0.2, 0) is 61.3 Å². The van der Waals surface area contributed by atoms with Crippen LogP contribution in [0.2, 0.25) is 0 Å². The number of aromatic hydroxyl groups is 1. The maximum Gasteiger partial charge on any atom is 0.303 e. The molecule has 0 aliphatic heterocycles. The summed E-state index contributed by atoms with van der Waals surface area (Å²) in [4.78, 5) is 51.0. The van der Waals surface area contributed by atoms with Gasteiger partial charge in [-0.05, 0) is 30.0 Å². The second-order valence-electron chi connectivity index (χ2n) is 13.2. The molecule has 3 aliphatic rings. The lowest BCUT2D eigenvalue weighted by atomic mass is 9.47. The molecule has 3 aliphatic carbocycles. The number of carbonyl (C=O) groups excluding carboxylic acids is 4. The number of aliphatic hydroxyl groups is 1. The van der Waals surface area contributed by atoms with Gasteiger partial charge in [-0.15, -0.1) is 0 Å². The zero-order valence-corrected chi connectivity index (χ0v) is 27.2. The van der Waals surface area contributed by atoms with E-state index in [1.807, 2.05) is 36.4 Å². The molecule has 0 saturated heterocycles. The molecule has 248 valence electrons. The first-order valence-corrected chi connectivity index (χ1v) is 15.4. The molecule has 0 spiro atoms. The van der Waals surface area contributed by atoms with Gasteiger partial charge in [-0.2, -0.15) is 0 Å². The summed E-state index contributed by atoms with van der Waals surface area (Å²) in [6.45, 7) is 9.85. The zero-order valence-electron chi connectivity index (χ0n) is 27.2. The number of hydrogen-bond acceptors (Lipinski definition) is 11. The third-order valence-corrected chi connectivity index (χ3v) is 10.4. The number of phenolic OH excluding ortho intramolecular Hbond substituents is 1. The number of aryl methyl sites for hydroxylation is 1. The highest BCUT2D eigenvalue weighted by Crippen LogP contribution is 2.70. The SMILES string of the molecule is CC(=O)OC[C@@]12Cc3ccc(C)c(O)c3[C@]1(C)[C@@H](OC(C)=O)[C@]1(O)[C@H]([C@@H](OCc3ccccc3)[C@@H](C)[C@H]1OC(C)=O)[C@H]2OC(C)=O. The number of rotatable bonds is 8. The zero-order chi connectivity index (χ0) is 33.8. The van der Waals surface area contributed by atoms with E-state index in [0.29, 0.717) is 16.7 Å². The number of benzene rings is 2. The molecule has 0 radical (unpaired) electrons. The Morgan fingerprint density at radius 1 is 0.870 bits per heavy atom. The lowest BCUT2D eigenvalue weighted by molar-refractivity contribution is -0.287. The number of carbonyl (C=O) groups is 4. The van der Waals surface area contributed by atoms with Crippen LogP contribution in [-0.4, -0.2) is 70.7 Å². The molecule has 9 atom stereocenters. The Kier molecular flexibility index (Phi) is 8.72. The largest absolute Gasteiger partial charge is 0.507 e. The van der Waals surface area contributed by atoms with Crippen molar-refractivity contribution >= 4 is 23.9 Å². The van der Waals surface area contributed by atoms with Crippen LogP contribution in [0.1, 0.15) is 63.8 Å². The molecule has 11 heteroatoms. The van der Waals surface area contributed by atoms with Crippen LogP contribution in [0.25, 0.3) is 0 Å². The second kappa shape index (κ2) is 12.0. The monoisotopic (exact) mass is 638 g/mol. The molecule has 0 amide bonds. The first kappa shape index (κ1) is 33.4. The Hall–Kier alpha value is -3.96. The number of hydrogen-bond donors (Lipinski definition) is 2. The molecule has 0 aromatic heterocycles. The lowest BCUT2D eigenvalue weighted by Crippen LogP contribution is -2.77. The van der Waals surface area contributed by atoms with E-state index >= 15 is 0 Å². The van der Waals surface area contributed by atoms with Gasteiger partial charge >= 0.3 is 23.9 Å². The highest BCUT2D eigenvalue weighted by Gasteiger charge is 2.82. The average Bonchev–Trinajstić information content (AvgIpc) is 3.36. The molecule has 2 N–H and O–H groups in total. The Balaban J connectivity index is 1.84. The van der Waals surface area contributed by atoms with E-state index in [1.54, 1.807) is 26.8 Å². The molecule has 5 rings (SSSR count). The van der Waals surface area contributed by atoms with Gasteiger partial charge in [0.05, 0.1) is 24.0 Å². The van der Waals surface area contributed by atoms with Crippen molar-refractivity contribution in [2.45, 2.75) is 96.9 Å². The van der Waals surface area contributed by atoms with Gasteiger partial charge in [-0.1, -0.05) is 56.3 Å². The molecular formula is C35H42O11. The van der Waals surface area contributed by atoms with Crippen molar-refractivity contribution in [3.05, 3.63) is 64.7 Å². The van der Waals surface area contributed by atoms with Crippen molar-refractivity contribution < 1.29 is 53.1 Å². The summed E-state index contributed by atoms with van der Waals surface area (Å²) in [5.41, 5.74) is -2.79. The van der Waals surface area contributed by atoms with Crippen molar-refractivity contribution in [1.82, 2.24) is 0 Å². The molecule has 11 nitrogen and oxygen atoms in total. The van der Waals surface area contributed by atoms with E-state index in [9.17, 15) is 29.4 Å². The summed E-state index contributed by atoms with van der Waals surface area (Å²) < 4.78 is 30.4. The second-order valence-corrected chi connectivity index (χ2v) is 13.2. The first-order valence-electron chi connectivity index (χ1n) is 15.4. The van der Waals surface area contributed by atoms with E-state index in [2.05, 4.69) is 0 Å². The first-order chi connectivity index (χ1) is 21.6.